The van der Waals surface area contributed by atoms with E-state index in [-0.39, 0.29) is 25.9 Å². The quantitative estimate of drug-likeness (QED) is 0.240. The fourth-order valence-electron chi connectivity index (χ4n) is 4.54. The summed E-state index contributed by atoms with van der Waals surface area (Å²) in [5.74, 6) is 2.27. The van der Waals surface area contributed by atoms with Crippen molar-refractivity contribution in [2.45, 2.75) is 25.7 Å². The fraction of sp³-hybridized carbons (Fsp3) is 0.121. The summed E-state index contributed by atoms with van der Waals surface area (Å²) in [5.41, 5.74) is 8.86. The van der Waals surface area contributed by atoms with Crippen LogP contribution in [0, 0.1) is 10.7 Å². The molecule has 2 nitrogen and oxygen atoms in total. The van der Waals surface area contributed by atoms with E-state index in [9.17, 15) is 4.79 Å². The average molecular weight is 534 g/mol. The van der Waals surface area contributed by atoms with E-state index >= 15 is 0 Å². The Morgan fingerprint density at radius 3 is 2.19 bits per heavy atom. The Bertz CT molecular complexity index is 1500. The summed E-state index contributed by atoms with van der Waals surface area (Å²) in [7, 11) is 0. The average Bonchev–Trinajstić information content (AvgIpc) is 2.90. The second kappa shape index (κ2) is 10.0. The third-order valence-electron chi connectivity index (χ3n) is 6.63. The summed E-state index contributed by atoms with van der Waals surface area (Å²) < 4.78 is 1.25. The van der Waals surface area contributed by atoms with Crippen molar-refractivity contribution in [3.8, 4) is 21.9 Å². The van der Waals surface area contributed by atoms with E-state index in [0.29, 0.717) is 0 Å². The van der Waals surface area contributed by atoms with E-state index in [0.717, 1.165) is 12.0 Å². The van der Waals surface area contributed by atoms with Gasteiger partial charge in [0.15, 0.2) is 0 Å². The number of carboxylic acid groups (broad SMARTS) is 1. The van der Waals surface area contributed by atoms with Gasteiger partial charge < -0.3 is 0 Å². The van der Waals surface area contributed by atoms with E-state index in [2.05, 4.69) is 97.4 Å². The molecule has 4 aromatic rings. The Kier molecular flexibility index (Phi) is 6.66. The minimum atomic E-state index is -0.920. The van der Waals surface area contributed by atoms with E-state index in [1.54, 1.807) is 24.3 Å². The molecule has 0 heterocycles. The molecule has 0 amide bonds. The van der Waals surface area contributed by atoms with Crippen LogP contribution >= 0.6 is 0 Å². The van der Waals surface area contributed by atoms with Crippen molar-refractivity contribution in [2.75, 3.05) is 0 Å². The molecule has 0 radical (unpaired) electrons. The summed E-state index contributed by atoms with van der Waals surface area (Å²) in [6.07, 6.45) is 3.37. The summed E-state index contributed by atoms with van der Waals surface area (Å²) in [6.45, 7) is 4.62. The van der Waals surface area contributed by atoms with E-state index in [4.69, 9.17) is 5.11 Å². The number of benzene rings is 4. The van der Waals surface area contributed by atoms with Crippen LogP contribution in [0.4, 0.5) is 0 Å². The number of fused-ring (bicyclic) bond motifs is 1. The van der Waals surface area contributed by atoms with Crippen LogP contribution in [0.1, 0.15) is 52.9 Å². The van der Waals surface area contributed by atoms with Gasteiger partial charge in [0.05, 0.1) is 0 Å². The molecule has 3 heteroatoms. The molecule has 176 valence electrons. The molecule has 0 saturated carbocycles. The molecule has 0 fully saturated rings. The number of carboxylic acids is 1. The SMILES string of the molecule is CC1(C)CC=C(c2ccc(-c3ccccc3)cc2)c2ccc([Se]C#Cc3ccc(C(=O)O)cc3)cc21. The Morgan fingerprint density at radius 2 is 1.50 bits per heavy atom. The van der Waals surface area contributed by atoms with Crippen molar-refractivity contribution < 1.29 is 9.90 Å². The minimum absolute atomic E-state index is 0.00916. The van der Waals surface area contributed by atoms with Crippen LogP contribution in [-0.4, -0.2) is 26.0 Å². The van der Waals surface area contributed by atoms with Gasteiger partial charge in [-0.1, -0.05) is 6.07 Å². The second-order valence-corrected chi connectivity index (χ2v) is 11.4. The van der Waals surface area contributed by atoms with Crippen LogP contribution in [0.15, 0.2) is 103 Å². The van der Waals surface area contributed by atoms with Gasteiger partial charge in [0.25, 0.3) is 0 Å². The van der Waals surface area contributed by atoms with E-state index in [1.165, 1.54) is 37.9 Å². The second-order valence-electron chi connectivity index (χ2n) is 9.57. The van der Waals surface area contributed by atoms with Gasteiger partial charge in [-0.3, -0.25) is 0 Å². The Morgan fingerprint density at radius 1 is 0.833 bits per heavy atom. The molecule has 1 aliphatic carbocycles. The number of rotatable bonds is 4. The summed E-state index contributed by atoms with van der Waals surface area (Å²) in [5, 5.41) is 9.05. The summed E-state index contributed by atoms with van der Waals surface area (Å²) in [6, 6.07) is 32.9. The first kappa shape index (κ1) is 23.9. The van der Waals surface area contributed by atoms with Gasteiger partial charge in [0.2, 0.25) is 0 Å². The molecule has 1 N–H and O–H groups in total. The van der Waals surface area contributed by atoms with E-state index in [1.807, 2.05) is 6.07 Å². The van der Waals surface area contributed by atoms with Crippen LogP contribution < -0.4 is 4.46 Å². The van der Waals surface area contributed by atoms with Crippen molar-refractivity contribution in [1.82, 2.24) is 0 Å². The normalized spacial score (nSPS) is 13.7. The maximum atomic E-state index is 11.0. The number of hydrogen-bond acceptors (Lipinski definition) is 1. The Balaban J connectivity index is 1.39. The van der Waals surface area contributed by atoms with Gasteiger partial charge in [0, 0.05) is 0 Å². The molecule has 0 saturated heterocycles. The standard InChI is InChI=1S/C33H26O2Se/c1-33(2)20-18-29(26-14-12-25(13-15-26)24-6-4-3-5-7-24)30-17-16-28(22-31(30)33)36-21-19-23-8-10-27(11-9-23)32(34)35/h3-18,22H,20H2,1-2H3,(H,34,35). The van der Waals surface area contributed by atoms with E-state index < -0.39 is 5.97 Å². The zero-order chi connectivity index (χ0) is 25.1. The van der Waals surface area contributed by atoms with Crippen LogP contribution in [0.3, 0.4) is 0 Å². The number of allylic oxidation sites excluding steroid dienone is 1. The molecule has 0 spiro atoms. The molecule has 0 bridgehead atoms. The number of aromatic carboxylic acids is 1. The van der Waals surface area contributed by atoms with Gasteiger partial charge in [0.1, 0.15) is 0 Å². The molecular weight excluding hydrogens is 507 g/mol. The molecule has 0 aliphatic heterocycles. The molecule has 4 aromatic carbocycles. The van der Waals surface area contributed by atoms with Crippen molar-refractivity contribution in [1.29, 1.82) is 0 Å². The van der Waals surface area contributed by atoms with Gasteiger partial charge in [-0.05, 0) is 0 Å². The molecule has 36 heavy (non-hydrogen) atoms. The zero-order valence-corrected chi connectivity index (χ0v) is 22.0. The molecule has 1 aliphatic rings. The van der Waals surface area contributed by atoms with Crippen LogP contribution in [-0.2, 0) is 5.41 Å². The maximum absolute atomic E-state index is 11.0. The first-order valence-electron chi connectivity index (χ1n) is 11.9. The zero-order valence-electron chi connectivity index (χ0n) is 20.3. The first-order valence-corrected chi connectivity index (χ1v) is 13.6. The predicted molar refractivity (Wildman–Crippen MR) is 149 cm³/mol. The molecule has 0 unspecified atom stereocenters. The monoisotopic (exact) mass is 534 g/mol. The van der Waals surface area contributed by atoms with Gasteiger partial charge in [-0.25, -0.2) is 0 Å². The Hall–Kier alpha value is -3.83. The van der Waals surface area contributed by atoms with Crippen molar-refractivity contribution in [3.63, 3.8) is 0 Å². The van der Waals surface area contributed by atoms with Crippen molar-refractivity contribution in [3.05, 3.63) is 131 Å². The van der Waals surface area contributed by atoms with Crippen LogP contribution in [0.2, 0.25) is 0 Å². The predicted octanol–water partition coefficient (Wildman–Crippen LogP) is 6.50. The van der Waals surface area contributed by atoms with Crippen molar-refractivity contribution >= 4 is 31.0 Å². The van der Waals surface area contributed by atoms with Crippen LogP contribution in [0.25, 0.3) is 16.7 Å². The molecule has 0 aromatic heterocycles. The Labute approximate surface area is 218 Å². The van der Waals surface area contributed by atoms with Crippen LogP contribution in [0.5, 0.6) is 0 Å². The van der Waals surface area contributed by atoms with Gasteiger partial charge in [-0.2, -0.15) is 0 Å². The summed E-state index contributed by atoms with van der Waals surface area (Å²) >= 11 is 0.00916. The summed E-state index contributed by atoms with van der Waals surface area (Å²) in [4.78, 5) is 14.3. The molecule has 5 rings (SSSR count). The fourth-order valence-corrected chi connectivity index (χ4v) is 5.80. The number of carbonyl (C=O) groups is 1. The van der Waals surface area contributed by atoms with Crippen molar-refractivity contribution in [2.24, 2.45) is 0 Å². The molecular formula is C33H26O2Se. The number of hydrogen-bond donors (Lipinski definition) is 1. The van der Waals surface area contributed by atoms with Gasteiger partial charge >= 0.3 is 213 Å². The first-order chi connectivity index (χ1) is 17.4. The van der Waals surface area contributed by atoms with Gasteiger partial charge in [-0.15, -0.1) is 0 Å². The third kappa shape index (κ3) is 5.07. The topological polar surface area (TPSA) is 37.3 Å². The molecule has 0 atom stereocenters. The third-order valence-corrected chi connectivity index (χ3v) is 8.08.